The molecule has 0 N–H and O–H groups in total. The van der Waals surface area contributed by atoms with Crippen LogP contribution in [0.4, 0.5) is 0 Å². The van der Waals surface area contributed by atoms with Crippen LogP contribution < -0.4 is 0 Å². The van der Waals surface area contributed by atoms with Gasteiger partial charge in [0.1, 0.15) is 0 Å². The fraction of sp³-hybridized carbons (Fsp3) is 0.213. The van der Waals surface area contributed by atoms with Crippen LogP contribution in [-0.4, -0.2) is 98.8 Å². The van der Waals surface area contributed by atoms with Gasteiger partial charge in [-0.2, -0.15) is 0 Å². The van der Waals surface area contributed by atoms with Gasteiger partial charge in [-0.1, -0.05) is 267 Å². The minimum Gasteiger partial charge on any atom is -0.399 e. The molecule has 0 atom stereocenters. The maximum atomic E-state index is 5.40. The molecule has 566 valence electrons. The molecule has 0 spiro atoms. The monoisotopic (exact) mass is 1650 g/mol. The van der Waals surface area contributed by atoms with Crippen molar-refractivity contribution in [2.45, 2.75) is 82.1 Å². The zero-order valence-corrected chi connectivity index (χ0v) is 68.5. The van der Waals surface area contributed by atoms with E-state index in [4.69, 9.17) is 40.1 Å². The second-order valence-electron chi connectivity index (χ2n) is 29.7. The quantitative estimate of drug-likeness (QED) is 0.0979. The number of allylic oxidation sites excluding steroid dienone is 8. The van der Waals surface area contributed by atoms with Crippen molar-refractivity contribution < 1.29 is 48.4 Å². The Hall–Kier alpha value is -10.7. The fourth-order valence-corrected chi connectivity index (χ4v) is 17.5. The molecule has 4 aliphatic carbocycles. The standard InChI is InChI=1S/2C36H28BN6.2C7H8.2C4H10O.2Rh/c1-22-28-19-16-27-12-6-9-15-33(27)36(28)43(38-22)37(41-23(2)29-20-17-25-10-4-7-13-31(25)34(29)39-41)42-24(3)30-21-18-26-11-5-8-14-32(26)35(30)40-42;1-22-28-19-16-25-10-4-7-13-31(25)34(28)38-41(22)37(42-23(2)29-20-17-26-11-5-8-14-32(26)35(29)39-42)43-24(3)30-21-18-27-12-6-9-15-33(27)36(30)40-43;2*1-2-7-4-3-6(1)5-7;2*1-3-5-4-2;;/h2*4-21,37H,1-3H3;2*1-4,6-7H,5H2;2*3-4H2,1-2H3;;/q2*-1;;;;;;. The van der Waals surface area contributed by atoms with Crippen LogP contribution in [0.2, 0.25) is 0 Å². The summed E-state index contributed by atoms with van der Waals surface area (Å²) in [5.41, 5.74) is 12.7. The van der Waals surface area contributed by atoms with Crippen LogP contribution in [0.3, 0.4) is 0 Å². The molecule has 0 saturated heterocycles. The molecule has 18 aromatic rings. The first-order chi connectivity index (χ1) is 53.9. The molecule has 6 heterocycles. The summed E-state index contributed by atoms with van der Waals surface area (Å²) in [6.45, 7) is 24.3. The predicted octanol–water partition coefficient (Wildman–Crippen LogP) is 21.1. The summed E-state index contributed by atoms with van der Waals surface area (Å²) >= 11 is 0. The SMILES string of the molecule is C1=CC2C=CC1C2.C1=CC2C=CC1C2.CCOCC.CCOCC.Cc1c2ccc3ccccc3c2nn1[BH-](n1nc2c(ccc3ccccc32)c1C)n1nc2c(ccc3ccccc32)c1C.Cc1nn([BH-](n2nc3c(ccc4ccccc43)c2C)n2nc3c(ccc4ccccc43)c2C)c2c1ccc1ccccc12.[Rh].[Rh]. The molecule has 18 heteroatoms. The number of ether oxygens (including phenoxy) is 2. The Morgan fingerprint density at radius 1 is 0.259 bits per heavy atom. The van der Waals surface area contributed by atoms with E-state index in [9.17, 15) is 0 Å². The molecule has 6 aromatic heterocycles. The first kappa shape index (κ1) is 76.6. The average Bonchev–Trinajstić information content (AvgIpc) is 1.57. The summed E-state index contributed by atoms with van der Waals surface area (Å²) in [4.78, 5) is 0. The van der Waals surface area contributed by atoms with Gasteiger partial charge in [0.25, 0.3) is 0 Å². The average molecular weight is 1650 g/mol. The number of benzene rings is 12. The number of nitrogens with zero attached hydrogens (tertiary/aromatic N) is 12. The third-order valence-corrected chi connectivity index (χ3v) is 23.2. The van der Waals surface area contributed by atoms with E-state index >= 15 is 0 Å². The molecule has 14 nitrogen and oxygen atoms in total. The van der Waals surface area contributed by atoms with Crippen molar-refractivity contribution in [3.63, 3.8) is 0 Å². The summed E-state index contributed by atoms with van der Waals surface area (Å²) in [6, 6.07) is 77.4. The molecular weight excluding hydrogens is 1560 g/mol. The number of rotatable bonds is 10. The van der Waals surface area contributed by atoms with Crippen LogP contribution in [-0.2, 0) is 48.4 Å². The van der Waals surface area contributed by atoms with Gasteiger partial charge in [0.15, 0.2) is 0 Å². The van der Waals surface area contributed by atoms with Crippen LogP contribution >= 0.6 is 0 Å². The van der Waals surface area contributed by atoms with Crippen LogP contribution in [0.25, 0.3) is 130 Å². The van der Waals surface area contributed by atoms with Crippen LogP contribution in [0.5, 0.6) is 0 Å². The Bertz CT molecular complexity index is 6160. The van der Waals surface area contributed by atoms with Gasteiger partial charge in [-0.25, -0.2) is 30.6 Å². The van der Waals surface area contributed by atoms with E-state index in [1.165, 1.54) is 50.5 Å². The van der Waals surface area contributed by atoms with Crippen molar-refractivity contribution >= 4 is 144 Å². The van der Waals surface area contributed by atoms with Crippen LogP contribution in [0.15, 0.2) is 267 Å². The molecular formula is C94H92B2N12O2Rh2-2. The van der Waals surface area contributed by atoms with Crippen molar-refractivity contribution in [3.8, 4) is 0 Å². The van der Waals surface area contributed by atoms with Gasteiger partial charge in [0, 0.05) is 164 Å². The maximum absolute atomic E-state index is 5.40. The molecule has 0 fully saturated rings. The van der Waals surface area contributed by atoms with Crippen molar-refractivity contribution in [1.29, 1.82) is 0 Å². The van der Waals surface area contributed by atoms with Gasteiger partial charge in [0.05, 0.1) is 33.3 Å². The van der Waals surface area contributed by atoms with Crippen LogP contribution in [0.1, 0.15) is 74.7 Å². The van der Waals surface area contributed by atoms with E-state index in [1.54, 1.807) is 0 Å². The molecule has 4 bridgehead atoms. The van der Waals surface area contributed by atoms with Gasteiger partial charge in [-0.3, -0.25) is 0 Å². The number of aromatic nitrogens is 12. The molecule has 2 radical (unpaired) electrons. The molecule has 0 aliphatic heterocycles. The predicted molar refractivity (Wildman–Crippen MR) is 463 cm³/mol. The van der Waals surface area contributed by atoms with Gasteiger partial charge in [-0.15, -0.1) is 0 Å². The third kappa shape index (κ3) is 14.0. The number of hydrogen-bond donors (Lipinski definition) is 0. The topological polar surface area (TPSA) is 125 Å². The number of aryl methyl sites for hydroxylation is 6. The first-order valence-electron chi connectivity index (χ1n) is 39.3. The molecule has 112 heavy (non-hydrogen) atoms. The summed E-state index contributed by atoms with van der Waals surface area (Å²) in [5, 5.41) is 53.1. The van der Waals surface area contributed by atoms with E-state index < -0.39 is 14.2 Å². The Kier molecular flexibility index (Phi) is 22.5. The summed E-state index contributed by atoms with van der Waals surface area (Å²) in [6.07, 6.45) is 21.1. The Labute approximate surface area is 679 Å². The second kappa shape index (κ2) is 32.9. The fourth-order valence-electron chi connectivity index (χ4n) is 17.5. The van der Waals surface area contributed by atoms with Crippen molar-refractivity contribution in [2.75, 3.05) is 26.4 Å². The molecule has 4 aliphatic rings. The van der Waals surface area contributed by atoms with Crippen molar-refractivity contribution in [2.24, 2.45) is 23.7 Å². The maximum Gasteiger partial charge on any atom is 0.327 e. The van der Waals surface area contributed by atoms with E-state index in [1.807, 2.05) is 27.7 Å². The van der Waals surface area contributed by atoms with Gasteiger partial charge < -0.3 is 37.0 Å². The zero-order chi connectivity index (χ0) is 75.3. The van der Waals surface area contributed by atoms with E-state index in [-0.39, 0.29) is 39.0 Å². The summed E-state index contributed by atoms with van der Waals surface area (Å²) < 4.78 is 22.9. The summed E-state index contributed by atoms with van der Waals surface area (Å²) in [5.74, 6) is 3.24. The van der Waals surface area contributed by atoms with Gasteiger partial charge in [0.2, 0.25) is 0 Å². The molecule has 0 amide bonds. The normalized spacial score (nSPS) is 15.6. The van der Waals surface area contributed by atoms with Gasteiger partial charge >= 0.3 is 14.2 Å². The summed E-state index contributed by atoms with van der Waals surface area (Å²) in [7, 11) is -3.37. The second-order valence-corrected chi connectivity index (χ2v) is 29.7. The van der Waals surface area contributed by atoms with E-state index in [0.717, 1.165) is 177 Å². The number of hydrogen-bond acceptors (Lipinski definition) is 8. The Balaban J connectivity index is 0.000000134. The van der Waals surface area contributed by atoms with E-state index in [0.29, 0.717) is 0 Å². The smallest absolute Gasteiger partial charge is 0.327 e. The largest absolute Gasteiger partial charge is 0.399 e. The first-order valence-corrected chi connectivity index (χ1v) is 39.3. The molecule has 0 saturated carbocycles. The zero-order valence-electron chi connectivity index (χ0n) is 65.2. The minimum absolute atomic E-state index is 0. The van der Waals surface area contributed by atoms with Gasteiger partial charge in [-0.05, 0) is 138 Å². The third-order valence-electron chi connectivity index (χ3n) is 23.2. The van der Waals surface area contributed by atoms with Crippen molar-refractivity contribution in [3.05, 3.63) is 301 Å². The molecule has 22 rings (SSSR count). The van der Waals surface area contributed by atoms with Crippen LogP contribution in [0, 0.1) is 65.2 Å². The van der Waals surface area contributed by atoms with Crippen molar-refractivity contribution in [1.82, 2.24) is 58.1 Å². The molecule has 0 unspecified atom stereocenters. The minimum atomic E-state index is -1.70. The Morgan fingerprint density at radius 2 is 0.473 bits per heavy atom. The van der Waals surface area contributed by atoms with E-state index in [2.05, 4.69) is 336 Å². The molecule has 12 aromatic carbocycles. The Morgan fingerprint density at radius 3 is 0.696 bits per heavy atom. The number of fused-ring (bicyclic) bond motifs is 22.